The van der Waals surface area contributed by atoms with Crippen LogP contribution >= 0.6 is 0 Å². The first-order chi connectivity index (χ1) is 12.0. The van der Waals surface area contributed by atoms with E-state index >= 15 is 0 Å². The zero-order valence-corrected chi connectivity index (χ0v) is 14.2. The van der Waals surface area contributed by atoms with Crippen LogP contribution in [0, 0.1) is 12.3 Å². The van der Waals surface area contributed by atoms with E-state index in [-0.39, 0.29) is 18.1 Å². The van der Waals surface area contributed by atoms with Crippen LogP contribution in [0.1, 0.15) is 12.8 Å². The minimum atomic E-state index is -0.350. The molecule has 25 heavy (non-hydrogen) atoms. The summed E-state index contributed by atoms with van der Waals surface area (Å²) in [4.78, 5) is 17.9. The summed E-state index contributed by atoms with van der Waals surface area (Å²) in [7, 11) is 1.87. The largest absolute Gasteiger partial charge is 0.418 e. The minimum absolute atomic E-state index is 0.147. The zero-order valence-electron chi connectivity index (χ0n) is 14.2. The summed E-state index contributed by atoms with van der Waals surface area (Å²) in [6.45, 7) is 4.05. The Hall–Kier alpha value is -2.86. The molecule has 1 saturated heterocycles. The van der Waals surface area contributed by atoms with E-state index in [1.54, 1.807) is 11.2 Å². The van der Waals surface area contributed by atoms with Gasteiger partial charge in [0.2, 0.25) is 5.89 Å². The van der Waals surface area contributed by atoms with Gasteiger partial charge in [-0.15, -0.1) is 16.6 Å². The van der Waals surface area contributed by atoms with Crippen LogP contribution in [0.4, 0.5) is 4.79 Å². The number of imidazole rings is 1. The molecular formula is C16H20N6O3. The molecule has 1 N–H and O–H groups in total. The number of nitrogens with zero attached hydrogens (tertiary/aromatic N) is 5. The van der Waals surface area contributed by atoms with Crippen molar-refractivity contribution < 1.29 is 13.9 Å². The Balaban J connectivity index is 1.51. The van der Waals surface area contributed by atoms with E-state index in [2.05, 4.69) is 26.4 Å². The predicted octanol–water partition coefficient (Wildman–Crippen LogP) is 0.403. The number of amides is 2. The third-order valence-electron chi connectivity index (χ3n) is 3.94. The van der Waals surface area contributed by atoms with Gasteiger partial charge in [-0.05, 0) is 6.92 Å². The Morgan fingerprint density at radius 3 is 3.00 bits per heavy atom. The lowest BCUT2D eigenvalue weighted by atomic mass is 9.82. The van der Waals surface area contributed by atoms with Crippen molar-refractivity contribution in [1.29, 1.82) is 0 Å². The molecule has 3 rings (SSSR count). The third-order valence-corrected chi connectivity index (χ3v) is 3.94. The van der Waals surface area contributed by atoms with Gasteiger partial charge in [-0.25, -0.2) is 9.78 Å². The summed E-state index contributed by atoms with van der Waals surface area (Å²) in [6.07, 6.45) is 8.56. The number of hydrogen-bond donors (Lipinski definition) is 1. The fourth-order valence-corrected chi connectivity index (χ4v) is 2.64. The second-order valence-electron chi connectivity index (χ2n) is 6.24. The predicted molar refractivity (Wildman–Crippen MR) is 88.5 cm³/mol. The third kappa shape index (κ3) is 3.64. The lowest BCUT2D eigenvalue weighted by Gasteiger charge is -2.45. The number of aromatic nitrogens is 4. The molecule has 2 aromatic heterocycles. The van der Waals surface area contributed by atoms with Gasteiger partial charge in [0.05, 0.1) is 18.3 Å². The summed E-state index contributed by atoms with van der Waals surface area (Å²) in [5.74, 6) is 3.26. The highest BCUT2D eigenvalue weighted by Gasteiger charge is 2.46. The number of nitrogens with one attached hydrogen (secondary N) is 1. The number of urea groups is 1. The fourth-order valence-electron chi connectivity index (χ4n) is 2.64. The van der Waals surface area contributed by atoms with E-state index < -0.39 is 0 Å². The average molecular weight is 344 g/mol. The van der Waals surface area contributed by atoms with Crippen molar-refractivity contribution in [3.8, 4) is 23.9 Å². The molecule has 0 saturated carbocycles. The summed E-state index contributed by atoms with van der Waals surface area (Å²) >= 11 is 0. The molecule has 0 bridgehead atoms. The molecule has 3 heterocycles. The highest BCUT2D eigenvalue weighted by Crippen LogP contribution is 2.34. The van der Waals surface area contributed by atoms with Crippen LogP contribution in [0.5, 0.6) is 0 Å². The number of carbonyl (C=O) groups is 1. The number of terminal acetylenes is 1. The van der Waals surface area contributed by atoms with E-state index in [1.165, 1.54) is 0 Å². The van der Waals surface area contributed by atoms with Gasteiger partial charge in [-0.3, -0.25) is 0 Å². The van der Waals surface area contributed by atoms with Crippen molar-refractivity contribution in [2.75, 3.05) is 32.8 Å². The standard InChI is InChI=1S/C16H20N6O3/c1-4-6-24-7-5-17-15(23)22-9-16(2,10-22)14-20-19-13(25-14)12-8-21(3)11-18-12/h1,8,11H,5-7,9-10H2,2-3H3,(H,17,23). The molecule has 1 aliphatic heterocycles. The zero-order chi connectivity index (χ0) is 17.9. The van der Waals surface area contributed by atoms with Crippen molar-refractivity contribution >= 4 is 6.03 Å². The smallest absolute Gasteiger partial charge is 0.317 e. The van der Waals surface area contributed by atoms with Crippen LogP contribution < -0.4 is 5.32 Å². The summed E-state index contributed by atoms with van der Waals surface area (Å²) in [5, 5.41) is 11.0. The number of likely N-dealkylation sites (tertiary alicyclic amines) is 1. The van der Waals surface area contributed by atoms with Gasteiger partial charge < -0.3 is 23.9 Å². The first-order valence-corrected chi connectivity index (χ1v) is 7.88. The summed E-state index contributed by atoms with van der Waals surface area (Å²) < 4.78 is 12.7. The molecule has 132 valence electrons. The molecule has 0 aliphatic carbocycles. The minimum Gasteiger partial charge on any atom is -0.418 e. The second kappa shape index (κ2) is 6.94. The van der Waals surface area contributed by atoms with Crippen LogP contribution in [0.25, 0.3) is 11.6 Å². The average Bonchev–Trinajstić information content (AvgIpc) is 3.20. The maximum Gasteiger partial charge on any atom is 0.317 e. The fraction of sp³-hybridized carbons (Fsp3) is 0.500. The van der Waals surface area contributed by atoms with Crippen molar-refractivity contribution in [3.63, 3.8) is 0 Å². The molecule has 0 radical (unpaired) electrons. The van der Waals surface area contributed by atoms with E-state index in [0.717, 1.165) is 0 Å². The SMILES string of the molecule is C#CCOCCNC(=O)N1CC(C)(c2nnc(-c3cn(C)cn3)o2)C1. The number of rotatable bonds is 6. The quantitative estimate of drug-likeness (QED) is 0.602. The Labute approximate surface area is 145 Å². The van der Waals surface area contributed by atoms with Crippen molar-refractivity contribution in [2.45, 2.75) is 12.3 Å². The molecule has 0 unspecified atom stereocenters. The van der Waals surface area contributed by atoms with E-state index in [9.17, 15) is 4.79 Å². The van der Waals surface area contributed by atoms with Gasteiger partial charge in [0.1, 0.15) is 12.3 Å². The molecule has 0 aromatic carbocycles. The van der Waals surface area contributed by atoms with Gasteiger partial charge in [-0.1, -0.05) is 5.92 Å². The Bertz CT molecular complexity index is 784. The van der Waals surface area contributed by atoms with Gasteiger partial charge in [-0.2, -0.15) is 0 Å². The van der Waals surface area contributed by atoms with Crippen molar-refractivity contribution in [3.05, 3.63) is 18.4 Å². The highest BCUT2D eigenvalue weighted by atomic mass is 16.5. The normalized spacial score (nSPS) is 15.5. The molecular weight excluding hydrogens is 324 g/mol. The number of hydrogen-bond acceptors (Lipinski definition) is 6. The van der Waals surface area contributed by atoms with Crippen LogP contribution in [0.2, 0.25) is 0 Å². The molecule has 0 spiro atoms. The number of aryl methyl sites for hydroxylation is 1. The van der Waals surface area contributed by atoms with Gasteiger partial charge in [0.25, 0.3) is 5.89 Å². The maximum atomic E-state index is 12.0. The molecule has 0 atom stereocenters. The number of carbonyl (C=O) groups excluding carboxylic acids is 1. The second-order valence-corrected chi connectivity index (χ2v) is 6.24. The van der Waals surface area contributed by atoms with Crippen LogP contribution in [-0.2, 0) is 17.2 Å². The summed E-state index contributed by atoms with van der Waals surface area (Å²) in [6, 6.07) is -0.147. The first kappa shape index (κ1) is 17.0. The monoisotopic (exact) mass is 344 g/mol. The number of ether oxygens (including phenoxy) is 1. The first-order valence-electron chi connectivity index (χ1n) is 7.88. The Morgan fingerprint density at radius 1 is 1.52 bits per heavy atom. The molecule has 1 aliphatic rings. The van der Waals surface area contributed by atoms with Crippen molar-refractivity contribution in [2.24, 2.45) is 7.05 Å². The van der Waals surface area contributed by atoms with E-state index in [1.807, 2.05) is 24.7 Å². The molecule has 9 heteroatoms. The van der Waals surface area contributed by atoms with Gasteiger partial charge in [0.15, 0.2) is 0 Å². The lowest BCUT2D eigenvalue weighted by molar-refractivity contribution is 0.0829. The Kier molecular flexibility index (Phi) is 4.72. The van der Waals surface area contributed by atoms with Crippen LogP contribution in [0.15, 0.2) is 16.9 Å². The van der Waals surface area contributed by atoms with Gasteiger partial charge >= 0.3 is 6.03 Å². The highest BCUT2D eigenvalue weighted by molar-refractivity contribution is 5.75. The summed E-state index contributed by atoms with van der Waals surface area (Å²) in [5.41, 5.74) is 0.280. The van der Waals surface area contributed by atoms with Crippen molar-refractivity contribution in [1.82, 2.24) is 30.0 Å². The molecule has 2 aromatic rings. The molecule has 2 amide bonds. The van der Waals surface area contributed by atoms with Crippen LogP contribution in [0.3, 0.4) is 0 Å². The molecule has 1 fully saturated rings. The topological polar surface area (TPSA) is 98.3 Å². The maximum absolute atomic E-state index is 12.0. The molecule has 9 nitrogen and oxygen atoms in total. The van der Waals surface area contributed by atoms with E-state index in [4.69, 9.17) is 15.6 Å². The van der Waals surface area contributed by atoms with E-state index in [0.29, 0.717) is 43.7 Å². The lowest BCUT2D eigenvalue weighted by Crippen LogP contribution is -2.62. The van der Waals surface area contributed by atoms with Crippen LogP contribution in [-0.4, -0.2) is 63.5 Å². The Morgan fingerprint density at radius 2 is 2.32 bits per heavy atom. The van der Waals surface area contributed by atoms with Gasteiger partial charge in [0, 0.05) is 32.9 Å².